The number of nitrogens with zero attached hydrogens (tertiary/aromatic N) is 2. The van der Waals surface area contributed by atoms with Gasteiger partial charge in [0.25, 0.3) is 5.91 Å². The van der Waals surface area contributed by atoms with Gasteiger partial charge in [0.15, 0.2) is 5.76 Å². The Morgan fingerprint density at radius 3 is 2.72 bits per heavy atom. The van der Waals surface area contributed by atoms with Crippen molar-refractivity contribution < 1.29 is 19.2 Å². The van der Waals surface area contributed by atoms with Crippen molar-refractivity contribution in [1.82, 2.24) is 15.4 Å². The average Bonchev–Trinajstić information content (AvgIpc) is 3.21. The Bertz CT molecular complexity index is 770. The Labute approximate surface area is 145 Å². The first-order valence-corrected chi connectivity index (χ1v) is 8.26. The van der Waals surface area contributed by atoms with Crippen LogP contribution in [0.4, 0.5) is 0 Å². The molecule has 0 radical (unpaired) electrons. The summed E-state index contributed by atoms with van der Waals surface area (Å²) in [6.07, 6.45) is -0.251. The number of carbonyl (C=O) groups is 2. The summed E-state index contributed by atoms with van der Waals surface area (Å²) in [4.78, 5) is 25.9. The third-order valence-electron chi connectivity index (χ3n) is 4.24. The van der Waals surface area contributed by atoms with E-state index in [1.165, 1.54) is 13.8 Å². The zero-order valence-electron chi connectivity index (χ0n) is 14.2. The molecule has 0 spiro atoms. The summed E-state index contributed by atoms with van der Waals surface area (Å²) in [6.45, 7) is 3.96. The van der Waals surface area contributed by atoms with E-state index in [-0.39, 0.29) is 29.2 Å². The van der Waals surface area contributed by atoms with Gasteiger partial charge >= 0.3 is 0 Å². The maximum Gasteiger partial charge on any atom is 0.259 e. The zero-order chi connectivity index (χ0) is 18.0. The van der Waals surface area contributed by atoms with Gasteiger partial charge in [-0.1, -0.05) is 35.5 Å². The SMILES string of the molecule is CC(=O)N[C@@H]1CCN(C(=O)c2c(-c3ccccc3)noc2[C@H](C)O)C1. The number of amides is 2. The second-order valence-corrected chi connectivity index (χ2v) is 6.25. The molecule has 1 aliphatic heterocycles. The van der Waals surface area contributed by atoms with Crippen molar-refractivity contribution in [1.29, 1.82) is 0 Å². The van der Waals surface area contributed by atoms with Crippen LogP contribution in [-0.2, 0) is 4.79 Å². The highest BCUT2D eigenvalue weighted by atomic mass is 16.5. The summed E-state index contributed by atoms with van der Waals surface area (Å²) >= 11 is 0. The lowest BCUT2D eigenvalue weighted by Gasteiger charge is -2.17. The van der Waals surface area contributed by atoms with Crippen LogP contribution in [0.3, 0.4) is 0 Å². The van der Waals surface area contributed by atoms with Gasteiger partial charge in [-0.3, -0.25) is 9.59 Å². The van der Waals surface area contributed by atoms with Crippen molar-refractivity contribution >= 4 is 11.8 Å². The topological polar surface area (TPSA) is 95.7 Å². The fraction of sp³-hybridized carbons (Fsp3) is 0.389. The standard InChI is InChI=1S/C18H21N3O4/c1-11(22)17-15(16(20-25-17)13-6-4-3-5-7-13)18(24)21-9-8-14(10-21)19-12(2)23/h3-7,11,14,22H,8-10H2,1-2H3,(H,19,23)/t11-,14+/m0/s1. The number of benzene rings is 1. The molecular weight excluding hydrogens is 322 g/mol. The minimum absolute atomic E-state index is 0.0588. The maximum absolute atomic E-state index is 13.1. The van der Waals surface area contributed by atoms with E-state index in [0.29, 0.717) is 25.2 Å². The highest BCUT2D eigenvalue weighted by Gasteiger charge is 2.33. The summed E-state index contributed by atoms with van der Waals surface area (Å²) in [5.41, 5.74) is 1.45. The van der Waals surface area contributed by atoms with E-state index in [0.717, 1.165) is 5.56 Å². The van der Waals surface area contributed by atoms with Crippen molar-refractivity contribution in [3.05, 3.63) is 41.7 Å². The quantitative estimate of drug-likeness (QED) is 0.882. The molecule has 1 fully saturated rings. The second-order valence-electron chi connectivity index (χ2n) is 6.25. The molecule has 2 N–H and O–H groups in total. The number of rotatable bonds is 4. The second kappa shape index (κ2) is 7.06. The van der Waals surface area contributed by atoms with Gasteiger partial charge in [-0.15, -0.1) is 0 Å². The number of hydrogen-bond acceptors (Lipinski definition) is 5. The lowest BCUT2D eigenvalue weighted by Crippen LogP contribution is -2.37. The molecule has 0 aliphatic carbocycles. The molecule has 0 bridgehead atoms. The smallest absolute Gasteiger partial charge is 0.259 e. The predicted octanol–water partition coefficient (Wildman–Crippen LogP) is 1.75. The molecule has 7 nitrogen and oxygen atoms in total. The van der Waals surface area contributed by atoms with Gasteiger partial charge in [-0.05, 0) is 13.3 Å². The molecule has 7 heteroatoms. The Kier molecular flexibility index (Phi) is 4.85. The minimum atomic E-state index is -0.947. The van der Waals surface area contributed by atoms with E-state index in [4.69, 9.17) is 4.52 Å². The number of likely N-dealkylation sites (tertiary alicyclic amines) is 1. The molecule has 0 unspecified atom stereocenters. The number of aliphatic hydroxyl groups is 1. The van der Waals surface area contributed by atoms with Gasteiger partial charge in [0.2, 0.25) is 5.91 Å². The number of nitrogens with one attached hydrogen (secondary N) is 1. The minimum Gasteiger partial charge on any atom is -0.385 e. The molecule has 1 aromatic carbocycles. The van der Waals surface area contributed by atoms with Crippen molar-refractivity contribution in [3.8, 4) is 11.3 Å². The van der Waals surface area contributed by atoms with Gasteiger partial charge in [0.1, 0.15) is 17.4 Å². The lowest BCUT2D eigenvalue weighted by molar-refractivity contribution is -0.119. The summed E-state index contributed by atoms with van der Waals surface area (Å²) in [6, 6.07) is 9.19. The van der Waals surface area contributed by atoms with Crippen LogP contribution in [0.5, 0.6) is 0 Å². The lowest BCUT2D eigenvalue weighted by atomic mass is 10.0. The zero-order valence-corrected chi connectivity index (χ0v) is 14.2. The third kappa shape index (κ3) is 3.56. The number of carbonyl (C=O) groups excluding carboxylic acids is 2. The van der Waals surface area contributed by atoms with E-state index in [1.54, 1.807) is 4.90 Å². The van der Waals surface area contributed by atoms with Crippen LogP contribution in [0.1, 0.15) is 42.5 Å². The average molecular weight is 343 g/mol. The van der Waals surface area contributed by atoms with Crippen molar-refractivity contribution in [2.75, 3.05) is 13.1 Å². The predicted molar refractivity (Wildman–Crippen MR) is 90.7 cm³/mol. The molecule has 0 saturated carbocycles. The van der Waals surface area contributed by atoms with Crippen LogP contribution in [-0.4, -0.2) is 46.1 Å². The fourth-order valence-electron chi connectivity index (χ4n) is 3.10. The van der Waals surface area contributed by atoms with E-state index < -0.39 is 6.10 Å². The first-order valence-electron chi connectivity index (χ1n) is 8.26. The van der Waals surface area contributed by atoms with Gasteiger partial charge in [-0.2, -0.15) is 0 Å². The van der Waals surface area contributed by atoms with Crippen LogP contribution in [0, 0.1) is 0 Å². The third-order valence-corrected chi connectivity index (χ3v) is 4.24. The highest BCUT2D eigenvalue weighted by Crippen LogP contribution is 2.31. The monoisotopic (exact) mass is 343 g/mol. The van der Waals surface area contributed by atoms with Gasteiger partial charge in [0.05, 0.1) is 0 Å². The van der Waals surface area contributed by atoms with Crippen molar-refractivity contribution in [2.45, 2.75) is 32.4 Å². The van der Waals surface area contributed by atoms with E-state index in [9.17, 15) is 14.7 Å². The summed E-state index contributed by atoms with van der Waals surface area (Å²) in [7, 11) is 0. The van der Waals surface area contributed by atoms with Crippen molar-refractivity contribution in [2.24, 2.45) is 0 Å². The molecule has 1 saturated heterocycles. The first kappa shape index (κ1) is 17.2. The number of aliphatic hydroxyl groups excluding tert-OH is 1. The molecule has 1 aromatic heterocycles. The Morgan fingerprint density at radius 1 is 1.36 bits per heavy atom. The molecule has 3 rings (SSSR count). The Hall–Kier alpha value is -2.67. The number of aromatic nitrogens is 1. The molecule has 2 heterocycles. The summed E-state index contributed by atoms with van der Waals surface area (Å²) in [5, 5.41) is 16.8. The van der Waals surface area contributed by atoms with Crippen LogP contribution < -0.4 is 5.32 Å². The molecule has 1 aliphatic rings. The van der Waals surface area contributed by atoms with E-state index in [2.05, 4.69) is 10.5 Å². The molecule has 2 amide bonds. The first-order chi connectivity index (χ1) is 12.0. The Morgan fingerprint density at radius 2 is 2.08 bits per heavy atom. The molecule has 2 atom stereocenters. The highest BCUT2D eigenvalue weighted by molar-refractivity contribution is 6.01. The summed E-state index contributed by atoms with van der Waals surface area (Å²) < 4.78 is 5.27. The van der Waals surface area contributed by atoms with Crippen LogP contribution in [0.15, 0.2) is 34.9 Å². The van der Waals surface area contributed by atoms with Gasteiger partial charge in [-0.25, -0.2) is 0 Å². The van der Waals surface area contributed by atoms with Crippen LogP contribution in [0.25, 0.3) is 11.3 Å². The van der Waals surface area contributed by atoms with Crippen LogP contribution >= 0.6 is 0 Å². The summed E-state index contributed by atoms with van der Waals surface area (Å²) in [5.74, 6) is -0.199. The van der Waals surface area contributed by atoms with Crippen LogP contribution in [0.2, 0.25) is 0 Å². The normalized spacial score (nSPS) is 18.2. The van der Waals surface area contributed by atoms with Gasteiger partial charge < -0.3 is 19.8 Å². The number of hydrogen-bond donors (Lipinski definition) is 2. The van der Waals surface area contributed by atoms with E-state index >= 15 is 0 Å². The maximum atomic E-state index is 13.1. The molecule has 2 aromatic rings. The fourth-order valence-corrected chi connectivity index (χ4v) is 3.10. The molecule has 132 valence electrons. The molecule has 25 heavy (non-hydrogen) atoms. The Balaban J connectivity index is 1.92. The largest absolute Gasteiger partial charge is 0.385 e. The van der Waals surface area contributed by atoms with E-state index in [1.807, 2.05) is 30.3 Å². The van der Waals surface area contributed by atoms with Crippen molar-refractivity contribution in [3.63, 3.8) is 0 Å². The molecular formula is C18H21N3O4. The van der Waals surface area contributed by atoms with Gasteiger partial charge in [0, 0.05) is 31.6 Å².